The van der Waals surface area contributed by atoms with Crippen LogP contribution < -0.4 is 0 Å². The van der Waals surface area contributed by atoms with Gasteiger partial charge < -0.3 is 9.84 Å². The molecule has 0 fully saturated rings. The molecule has 0 amide bonds. The summed E-state index contributed by atoms with van der Waals surface area (Å²) in [6.45, 7) is 3.50. The van der Waals surface area contributed by atoms with E-state index in [-0.39, 0.29) is 5.92 Å². The van der Waals surface area contributed by atoms with E-state index < -0.39 is 23.3 Å². The standard InChI is InChI=1S/C10H14O4/c1-6(2)10(13)5-4-7(11)8(10)9(12)14-3/h4-6,8,13H,1-3H3/t8-,10+/m1/s1. The first-order valence-electron chi connectivity index (χ1n) is 4.46. The second-order valence-corrected chi connectivity index (χ2v) is 3.73. The number of aliphatic hydroxyl groups is 1. The van der Waals surface area contributed by atoms with Crippen LogP contribution in [0.2, 0.25) is 0 Å². The first kappa shape index (κ1) is 10.9. The highest BCUT2D eigenvalue weighted by molar-refractivity contribution is 6.08. The van der Waals surface area contributed by atoms with Crippen molar-refractivity contribution in [3.05, 3.63) is 12.2 Å². The van der Waals surface area contributed by atoms with Crippen LogP contribution in [-0.2, 0) is 14.3 Å². The molecule has 0 bridgehead atoms. The van der Waals surface area contributed by atoms with Crippen LogP contribution in [0.1, 0.15) is 13.8 Å². The zero-order valence-corrected chi connectivity index (χ0v) is 8.48. The normalized spacial score (nSPS) is 31.2. The predicted molar refractivity (Wildman–Crippen MR) is 49.4 cm³/mol. The third-order valence-electron chi connectivity index (χ3n) is 2.62. The number of ether oxygens (including phenoxy) is 1. The zero-order chi connectivity index (χ0) is 10.9. The van der Waals surface area contributed by atoms with E-state index >= 15 is 0 Å². The van der Waals surface area contributed by atoms with Crippen LogP contribution in [0, 0.1) is 11.8 Å². The SMILES string of the molecule is COC(=O)[C@H]1C(=O)C=C[C@]1(O)C(C)C. The van der Waals surface area contributed by atoms with Gasteiger partial charge in [0, 0.05) is 0 Å². The van der Waals surface area contributed by atoms with Crippen LogP contribution in [0.25, 0.3) is 0 Å². The van der Waals surface area contributed by atoms with Gasteiger partial charge in [-0.3, -0.25) is 9.59 Å². The van der Waals surface area contributed by atoms with Gasteiger partial charge in [-0.05, 0) is 18.1 Å². The Balaban J connectivity index is 3.03. The molecule has 0 spiro atoms. The van der Waals surface area contributed by atoms with Crippen molar-refractivity contribution < 1.29 is 19.4 Å². The Bertz CT molecular complexity index is 292. The summed E-state index contributed by atoms with van der Waals surface area (Å²) in [5.74, 6) is -2.40. The van der Waals surface area contributed by atoms with E-state index in [0.717, 1.165) is 0 Å². The highest BCUT2D eigenvalue weighted by Gasteiger charge is 2.50. The number of methoxy groups -OCH3 is 1. The lowest BCUT2D eigenvalue weighted by Gasteiger charge is -2.30. The number of rotatable bonds is 2. The van der Waals surface area contributed by atoms with Gasteiger partial charge in [0.1, 0.15) is 5.60 Å². The van der Waals surface area contributed by atoms with Gasteiger partial charge in [-0.15, -0.1) is 0 Å². The Morgan fingerprint density at radius 2 is 2.21 bits per heavy atom. The summed E-state index contributed by atoms with van der Waals surface area (Å²) in [6.07, 6.45) is 2.61. The molecule has 1 aliphatic rings. The molecule has 0 aromatic carbocycles. The Kier molecular flexibility index (Phi) is 2.76. The van der Waals surface area contributed by atoms with Gasteiger partial charge in [-0.25, -0.2) is 0 Å². The molecule has 0 aromatic rings. The van der Waals surface area contributed by atoms with Crippen molar-refractivity contribution in [2.75, 3.05) is 7.11 Å². The molecule has 0 saturated carbocycles. The average molecular weight is 198 g/mol. The minimum atomic E-state index is -1.40. The minimum Gasteiger partial charge on any atom is -0.468 e. The number of esters is 1. The van der Waals surface area contributed by atoms with Crippen molar-refractivity contribution in [3.63, 3.8) is 0 Å². The van der Waals surface area contributed by atoms with Crippen LogP contribution >= 0.6 is 0 Å². The topological polar surface area (TPSA) is 63.6 Å². The van der Waals surface area contributed by atoms with Gasteiger partial charge in [-0.2, -0.15) is 0 Å². The summed E-state index contributed by atoms with van der Waals surface area (Å²) in [5.41, 5.74) is -1.40. The lowest BCUT2D eigenvalue weighted by Crippen LogP contribution is -2.45. The van der Waals surface area contributed by atoms with Crippen molar-refractivity contribution in [2.45, 2.75) is 19.4 Å². The molecular formula is C10H14O4. The van der Waals surface area contributed by atoms with E-state index in [0.29, 0.717) is 0 Å². The maximum atomic E-state index is 11.3. The molecule has 1 aliphatic carbocycles. The number of ketones is 1. The Morgan fingerprint density at radius 1 is 1.64 bits per heavy atom. The summed E-state index contributed by atoms with van der Waals surface area (Å²) < 4.78 is 4.49. The predicted octanol–water partition coefficient (Wildman–Crippen LogP) is 0.302. The molecule has 0 radical (unpaired) electrons. The smallest absolute Gasteiger partial charge is 0.319 e. The summed E-state index contributed by atoms with van der Waals surface area (Å²) in [6, 6.07) is 0. The van der Waals surface area contributed by atoms with Crippen LogP contribution in [0.15, 0.2) is 12.2 Å². The van der Waals surface area contributed by atoms with Gasteiger partial charge in [-0.1, -0.05) is 13.8 Å². The first-order chi connectivity index (χ1) is 6.43. The monoisotopic (exact) mass is 198 g/mol. The van der Waals surface area contributed by atoms with Crippen molar-refractivity contribution in [2.24, 2.45) is 11.8 Å². The van der Waals surface area contributed by atoms with E-state index in [2.05, 4.69) is 4.74 Å². The Hall–Kier alpha value is -1.16. The lowest BCUT2D eigenvalue weighted by molar-refractivity contribution is -0.157. The third kappa shape index (κ3) is 1.46. The maximum Gasteiger partial charge on any atom is 0.319 e. The van der Waals surface area contributed by atoms with Crippen molar-refractivity contribution in [3.8, 4) is 0 Å². The Morgan fingerprint density at radius 3 is 2.64 bits per heavy atom. The fourth-order valence-corrected chi connectivity index (χ4v) is 1.58. The third-order valence-corrected chi connectivity index (χ3v) is 2.62. The van der Waals surface area contributed by atoms with Crippen LogP contribution in [0.5, 0.6) is 0 Å². The van der Waals surface area contributed by atoms with Gasteiger partial charge >= 0.3 is 5.97 Å². The summed E-state index contributed by atoms with van der Waals surface area (Å²) in [4.78, 5) is 22.6. The van der Waals surface area contributed by atoms with Gasteiger partial charge in [0.2, 0.25) is 0 Å². The summed E-state index contributed by atoms with van der Waals surface area (Å²) in [7, 11) is 1.20. The van der Waals surface area contributed by atoms with Crippen LogP contribution in [0.3, 0.4) is 0 Å². The largest absolute Gasteiger partial charge is 0.468 e. The molecule has 4 nitrogen and oxygen atoms in total. The quantitative estimate of drug-likeness (QED) is 0.512. The van der Waals surface area contributed by atoms with E-state index in [4.69, 9.17) is 0 Å². The molecule has 0 aliphatic heterocycles. The first-order valence-corrected chi connectivity index (χ1v) is 4.46. The molecule has 1 rings (SSSR count). The summed E-state index contributed by atoms with van der Waals surface area (Å²) in [5, 5.41) is 10.1. The van der Waals surface area contributed by atoms with Crippen LogP contribution in [0.4, 0.5) is 0 Å². The molecule has 2 atom stereocenters. The number of hydrogen-bond donors (Lipinski definition) is 1. The fraction of sp³-hybridized carbons (Fsp3) is 0.600. The second-order valence-electron chi connectivity index (χ2n) is 3.73. The molecule has 1 N–H and O–H groups in total. The maximum absolute atomic E-state index is 11.3. The number of allylic oxidation sites excluding steroid dienone is 1. The average Bonchev–Trinajstić information content (AvgIpc) is 2.43. The highest BCUT2D eigenvalue weighted by atomic mass is 16.5. The van der Waals surface area contributed by atoms with Gasteiger partial charge in [0.15, 0.2) is 11.7 Å². The minimum absolute atomic E-state index is 0.214. The second kappa shape index (κ2) is 3.53. The number of carbonyl (C=O) groups is 2. The molecule has 0 unspecified atom stereocenters. The molecule has 0 heterocycles. The molecule has 0 aromatic heterocycles. The van der Waals surface area contributed by atoms with E-state index in [1.807, 2.05) is 0 Å². The lowest BCUT2D eigenvalue weighted by atomic mass is 9.81. The van der Waals surface area contributed by atoms with Crippen molar-refractivity contribution >= 4 is 11.8 Å². The van der Waals surface area contributed by atoms with E-state index in [9.17, 15) is 14.7 Å². The summed E-state index contributed by atoms with van der Waals surface area (Å²) >= 11 is 0. The van der Waals surface area contributed by atoms with Crippen molar-refractivity contribution in [1.29, 1.82) is 0 Å². The fourth-order valence-electron chi connectivity index (χ4n) is 1.58. The zero-order valence-electron chi connectivity index (χ0n) is 8.48. The van der Waals surface area contributed by atoms with E-state index in [1.54, 1.807) is 13.8 Å². The molecule has 4 heteroatoms. The van der Waals surface area contributed by atoms with E-state index in [1.165, 1.54) is 19.3 Å². The van der Waals surface area contributed by atoms with Crippen molar-refractivity contribution in [1.82, 2.24) is 0 Å². The van der Waals surface area contributed by atoms with Gasteiger partial charge in [0.25, 0.3) is 0 Å². The number of carbonyl (C=O) groups excluding carboxylic acids is 2. The molecule has 78 valence electrons. The number of hydrogen-bond acceptors (Lipinski definition) is 4. The van der Waals surface area contributed by atoms with Crippen LogP contribution in [-0.4, -0.2) is 29.6 Å². The highest BCUT2D eigenvalue weighted by Crippen LogP contribution is 2.34. The molecule has 0 saturated heterocycles. The Labute approximate surface area is 82.6 Å². The molecule has 14 heavy (non-hydrogen) atoms. The van der Waals surface area contributed by atoms with Gasteiger partial charge in [0.05, 0.1) is 7.11 Å². The molecular weight excluding hydrogens is 184 g/mol.